The summed E-state index contributed by atoms with van der Waals surface area (Å²) >= 11 is 1.04. The first-order valence-corrected chi connectivity index (χ1v) is 9.56. The third kappa shape index (κ3) is 3.45. The van der Waals surface area contributed by atoms with Crippen LogP contribution in [0.15, 0.2) is 11.0 Å². The third-order valence-corrected chi connectivity index (χ3v) is 6.06. The largest absolute Gasteiger partial charge is 0.303 e. The van der Waals surface area contributed by atoms with E-state index >= 15 is 0 Å². The first-order chi connectivity index (χ1) is 10.4. The Hall–Kier alpha value is -1.09. The number of nitrogens with zero attached hydrogens (tertiary/aromatic N) is 3. The summed E-state index contributed by atoms with van der Waals surface area (Å²) in [6.07, 6.45) is 0. The second-order valence-electron chi connectivity index (χ2n) is 5.20. The summed E-state index contributed by atoms with van der Waals surface area (Å²) in [5.41, 5.74) is 2.74. The summed E-state index contributed by atoms with van der Waals surface area (Å²) in [5.74, 6) is 0. The third-order valence-electron chi connectivity index (χ3n) is 3.90. The molecule has 0 radical (unpaired) electrons. The maximum absolute atomic E-state index is 12.7. The predicted octanol–water partition coefficient (Wildman–Crippen LogP) is 1.93. The van der Waals surface area contributed by atoms with Gasteiger partial charge in [-0.3, -0.25) is 0 Å². The van der Waals surface area contributed by atoms with Crippen LogP contribution in [0.25, 0.3) is 11.0 Å². The first kappa shape index (κ1) is 17.3. The molecule has 1 N–H and O–H groups in total. The Bertz CT molecular complexity index is 752. The Morgan fingerprint density at radius 1 is 1.23 bits per heavy atom. The van der Waals surface area contributed by atoms with Crippen LogP contribution in [0.1, 0.15) is 25.0 Å². The van der Waals surface area contributed by atoms with Gasteiger partial charge in [-0.05, 0) is 44.1 Å². The Morgan fingerprint density at radius 3 is 2.55 bits per heavy atom. The first-order valence-electron chi connectivity index (χ1n) is 7.35. The summed E-state index contributed by atoms with van der Waals surface area (Å²) in [6, 6.07) is 1.88. The van der Waals surface area contributed by atoms with E-state index < -0.39 is 10.0 Å². The molecule has 6 nitrogen and oxygen atoms in total. The highest BCUT2D eigenvalue weighted by Crippen LogP contribution is 2.27. The van der Waals surface area contributed by atoms with Gasteiger partial charge in [-0.1, -0.05) is 13.8 Å². The molecule has 0 aliphatic heterocycles. The second-order valence-corrected chi connectivity index (χ2v) is 7.44. The number of sulfonamides is 1. The Morgan fingerprint density at radius 2 is 1.91 bits per heavy atom. The van der Waals surface area contributed by atoms with Crippen LogP contribution in [-0.4, -0.2) is 48.2 Å². The van der Waals surface area contributed by atoms with E-state index in [1.54, 1.807) is 0 Å². The number of benzene rings is 1. The molecule has 0 fully saturated rings. The van der Waals surface area contributed by atoms with Crippen molar-refractivity contribution in [2.75, 3.05) is 26.2 Å². The predicted molar refractivity (Wildman–Crippen MR) is 89.9 cm³/mol. The number of fused-ring (bicyclic) bond motifs is 1. The Balaban J connectivity index is 2.30. The van der Waals surface area contributed by atoms with Gasteiger partial charge >= 0.3 is 0 Å². The monoisotopic (exact) mass is 342 g/mol. The fourth-order valence-corrected chi connectivity index (χ4v) is 4.46. The fraction of sp³-hybridized carbons (Fsp3) is 0.571. The maximum Gasteiger partial charge on any atom is 0.243 e. The second kappa shape index (κ2) is 6.99. The minimum atomic E-state index is -3.59. The van der Waals surface area contributed by atoms with Crippen molar-refractivity contribution in [3.8, 4) is 0 Å². The van der Waals surface area contributed by atoms with Crippen LogP contribution >= 0.6 is 11.7 Å². The molecule has 22 heavy (non-hydrogen) atoms. The Kier molecular flexibility index (Phi) is 5.49. The van der Waals surface area contributed by atoms with Gasteiger partial charge in [0.2, 0.25) is 10.0 Å². The van der Waals surface area contributed by atoms with Crippen molar-refractivity contribution in [1.82, 2.24) is 18.4 Å². The lowest BCUT2D eigenvalue weighted by atomic mass is 10.1. The zero-order valence-electron chi connectivity index (χ0n) is 13.4. The molecule has 0 spiro atoms. The molecule has 2 rings (SSSR count). The molecule has 1 aromatic heterocycles. The smallest absolute Gasteiger partial charge is 0.243 e. The van der Waals surface area contributed by atoms with Crippen molar-refractivity contribution < 1.29 is 8.42 Å². The van der Waals surface area contributed by atoms with Gasteiger partial charge in [0.05, 0.1) is 11.7 Å². The average molecular weight is 342 g/mol. The molecule has 0 aliphatic rings. The van der Waals surface area contributed by atoms with Crippen LogP contribution in [-0.2, 0) is 10.0 Å². The number of hydrogen-bond donors (Lipinski definition) is 1. The highest BCUT2D eigenvalue weighted by molar-refractivity contribution is 7.89. The zero-order valence-corrected chi connectivity index (χ0v) is 15.0. The highest BCUT2D eigenvalue weighted by Gasteiger charge is 2.23. The van der Waals surface area contributed by atoms with E-state index in [0.29, 0.717) is 24.1 Å². The van der Waals surface area contributed by atoms with Crippen LogP contribution in [0, 0.1) is 13.8 Å². The highest BCUT2D eigenvalue weighted by atomic mass is 32.2. The lowest BCUT2D eigenvalue weighted by Gasteiger charge is -2.18. The molecular weight excluding hydrogens is 320 g/mol. The molecule has 0 bridgehead atoms. The van der Waals surface area contributed by atoms with E-state index in [4.69, 9.17) is 0 Å². The summed E-state index contributed by atoms with van der Waals surface area (Å²) in [5, 5.41) is 0. The molecule has 0 aliphatic carbocycles. The van der Waals surface area contributed by atoms with Crippen molar-refractivity contribution in [1.29, 1.82) is 0 Å². The fourth-order valence-electron chi connectivity index (χ4n) is 2.40. The normalized spacial score (nSPS) is 12.4. The molecule has 0 saturated heterocycles. The van der Waals surface area contributed by atoms with E-state index in [0.717, 1.165) is 35.9 Å². The van der Waals surface area contributed by atoms with Crippen LogP contribution < -0.4 is 4.72 Å². The van der Waals surface area contributed by atoms with Gasteiger partial charge in [0, 0.05) is 13.1 Å². The van der Waals surface area contributed by atoms with Crippen LogP contribution in [0.2, 0.25) is 0 Å². The van der Waals surface area contributed by atoms with E-state index in [1.807, 2.05) is 19.9 Å². The van der Waals surface area contributed by atoms with Gasteiger partial charge < -0.3 is 4.90 Å². The van der Waals surface area contributed by atoms with E-state index in [2.05, 4.69) is 32.2 Å². The van der Waals surface area contributed by atoms with Crippen molar-refractivity contribution >= 4 is 32.8 Å². The lowest BCUT2D eigenvalue weighted by Crippen LogP contribution is -2.35. The molecular formula is C14H22N4O2S2. The van der Waals surface area contributed by atoms with Crippen molar-refractivity contribution in [3.63, 3.8) is 0 Å². The van der Waals surface area contributed by atoms with Crippen molar-refractivity contribution in [3.05, 3.63) is 17.2 Å². The molecule has 122 valence electrons. The van der Waals surface area contributed by atoms with Gasteiger partial charge in [-0.15, -0.1) is 0 Å². The van der Waals surface area contributed by atoms with Gasteiger partial charge in [0.15, 0.2) is 0 Å². The SMILES string of the molecule is CCN(CC)CCNS(=O)(=O)c1c(C)c(C)cc2nsnc12. The topological polar surface area (TPSA) is 75.2 Å². The molecule has 0 atom stereocenters. The van der Waals surface area contributed by atoms with Crippen LogP contribution in [0.5, 0.6) is 0 Å². The standard InChI is InChI=1S/C14H22N4O2S2/c1-5-18(6-2)8-7-15-22(19,20)14-11(4)10(3)9-12-13(14)17-21-16-12/h9,15H,5-8H2,1-4H3. The number of likely N-dealkylation sites (N-methyl/N-ethyl adjacent to an activating group) is 1. The summed E-state index contributed by atoms with van der Waals surface area (Å²) in [6.45, 7) is 10.7. The summed E-state index contributed by atoms with van der Waals surface area (Å²) < 4.78 is 36.4. The maximum atomic E-state index is 12.7. The minimum Gasteiger partial charge on any atom is -0.303 e. The molecule has 1 aromatic carbocycles. The lowest BCUT2D eigenvalue weighted by molar-refractivity contribution is 0.309. The number of aromatic nitrogens is 2. The molecule has 8 heteroatoms. The van der Waals surface area contributed by atoms with E-state index in [1.165, 1.54) is 0 Å². The molecule has 0 saturated carbocycles. The van der Waals surface area contributed by atoms with Gasteiger partial charge in [0.25, 0.3) is 0 Å². The zero-order chi connectivity index (χ0) is 16.3. The van der Waals surface area contributed by atoms with Gasteiger partial charge in [-0.25, -0.2) is 13.1 Å². The molecule has 1 heterocycles. The van der Waals surface area contributed by atoms with Gasteiger partial charge in [0.1, 0.15) is 15.9 Å². The van der Waals surface area contributed by atoms with Crippen LogP contribution in [0.3, 0.4) is 0 Å². The average Bonchev–Trinajstić information content (AvgIpc) is 2.91. The summed E-state index contributed by atoms with van der Waals surface area (Å²) in [7, 11) is -3.59. The minimum absolute atomic E-state index is 0.260. The van der Waals surface area contributed by atoms with Crippen LogP contribution in [0.4, 0.5) is 0 Å². The van der Waals surface area contributed by atoms with E-state index in [-0.39, 0.29) is 4.90 Å². The Labute approximate surface area is 135 Å². The summed E-state index contributed by atoms with van der Waals surface area (Å²) in [4.78, 5) is 2.43. The number of hydrogen-bond acceptors (Lipinski definition) is 6. The quantitative estimate of drug-likeness (QED) is 0.832. The number of aryl methyl sites for hydroxylation is 1. The van der Waals surface area contributed by atoms with Gasteiger partial charge in [-0.2, -0.15) is 8.75 Å². The molecule has 0 unspecified atom stereocenters. The molecule has 2 aromatic rings. The number of nitrogens with one attached hydrogen (secondary N) is 1. The molecule has 0 amide bonds. The van der Waals surface area contributed by atoms with Crippen molar-refractivity contribution in [2.45, 2.75) is 32.6 Å². The van der Waals surface area contributed by atoms with E-state index in [9.17, 15) is 8.42 Å². The number of rotatable bonds is 7. The van der Waals surface area contributed by atoms with Crippen molar-refractivity contribution in [2.24, 2.45) is 0 Å².